The van der Waals surface area contributed by atoms with Gasteiger partial charge in [-0.1, -0.05) is 25.8 Å². The summed E-state index contributed by atoms with van der Waals surface area (Å²) < 4.78 is 0. The minimum Gasteiger partial charge on any atom is -0.276 e. The molecule has 0 aliphatic rings. The molecule has 2 heteroatoms. The Morgan fingerprint density at radius 1 is 1.36 bits per heavy atom. The molecule has 0 aliphatic heterocycles. The van der Waals surface area contributed by atoms with Crippen LogP contribution in [0.3, 0.4) is 0 Å². The Hall–Kier alpha value is -0.300. The summed E-state index contributed by atoms with van der Waals surface area (Å²) in [6.45, 7) is 5.94. The maximum Gasteiger partial charge on any atom is 0.248 e. The van der Waals surface area contributed by atoms with Crippen LogP contribution in [0.1, 0.15) is 40.0 Å². The lowest BCUT2D eigenvalue weighted by atomic mass is 10.0. The van der Waals surface area contributed by atoms with Gasteiger partial charge in [0.1, 0.15) is 0 Å². The van der Waals surface area contributed by atoms with Gasteiger partial charge in [-0.25, -0.2) is 0 Å². The molecule has 11 heavy (non-hydrogen) atoms. The molecule has 0 atom stereocenters. The summed E-state index contributed by atoms with van der Waals surface area (Å²) in [5, 5.41) is -0.310. The molecule has 0 rings (SSSR count). The number of carbonyl (C=O) groups is 1. The summed E-state index contributed by atoms with van der Waals surface area (Å²) in [6.07, 6.45) is 2.99. The van der Waals surface area contributed by atoms with E-state index in [-0.39, 0.29) is 5.24 Å². The monoisotopic (exact) mass is 174 g/mol. The number of carbonyl (C=O) groups excluding carboxylic acids is 1. The zero-order valence-electron chi connectivity index (χ0n) is 7.41. The Kier molecular flexibility index (Phi) is 5.22. The highest BCUT2D eigenvalue weighted by molar-refractivity contribution is 6.67. The van der Waals surface area contributed by atoms with Gasteiger partial charge in [0.2, 0.25) is 5.24 Å². The highest BCUT2D eigenvalue weighted by atomic mass is 35.5. The van der Waals surface area contributed by atoms with Crippen LogP contribution in [-0.2, 0) is 4.79 Å². The van der Waals surface area contributed by atoms with E-state index in [2.05, 4.69) is 6.92 Å². The van der Waals surface area contributed by atoms with Crippen molar-refractivity contribution in [3.8, 4) is 0 Å². The van der Waals surface area contributed by atoms with Crippen molar-refractivity contribution in [2.24, 2.45) is 0 Å². The predicted molar refractivity (Wildman–Crippen MR) is 48.8 cm³/mol. The van der Waals surface area contributed by atoms with Crippen molar-refractivity contribution in [3.05, 3.63) is 11.1 Å². The van der Waals surface area contributed by atoms with Crippen molar-refractivity contribution >= 4 is 16.8 Å². The third-order valence-corrected chi connectivity index (χ3v) is 2.09. The van der Waals surface area contributed by atoms with Crippen molar-refractivity contribution < 1.29 is 4.79 Å². The van der Waals surface area contributed by atoms with E-state index >= 15 is 0 Å². The molecule has 0 fully saturated rings. The maximum absolute atomic E-state index is 10.7. The molecule has 0 saturated carbocycles. The summed E-state index contributed by atoms with van der Waals surface area (Å²) in [6, 6.07) is 0. The van der Waals surface area contributed by atoms with Gasteiger partial charge in [-0.2, -0.15) is 0 Å². The molecule has 0 unspecified atom stereocenters. The minimum atomic E-state index is -0.310. The Morgan fingerprint density at radius 3 is 2.18 bits per heavy atom. The van der Waals surface area contributed by atoms with E-state index in [0.29, 0.717) is 0 Å². The van der Waals surface area contributed by atoms with Crippen molar-refractivity contribution in [3.63, 3.8) is 0 Å². The number of hydrogen-bond donors (Lipinski definition) is 0. The fourth-order valence-electron chi connectivity index (χ4n) is 1.07. The van der Waals surface area contributed by atoms with Crippen LogP contribution >= 0.6 is 11.6 Å². The normalized spacial score (nSPS) is 12.7. The third kappa shape index (κ3) is 3.57. The molecule has 0 amide bonds. The second-order valence-corrected chi connectivity index (χ2v) is 2.95. The third-order valence-electron chi connectivity index (χ3n) is 1.80. The first kappa shape index (κ1) is 10.7. The van der Waals surface area contributed by atoms with Gasteiger partial charge >= 0.3 is 0 Å². The molecule has 0 aromatic carbocycles. The van der Waals surface area contributed by atoms with Crippen molar-refractivity contribution in [1.82, 2.24) is 0 Å². The van der Waals surface area contributed by atoms with Crippen LogP contribution in [0.4, 0.5) is 0 Å². The largest absolute Gasteiger partial charge is 0.276 e. The number of hydrogen-bond acceptors (Lipinski definition) is 1. The van der Waals surface area contributed by atoms with Gasteiger partial charge in [-0.15, -0.1) is 0 Å². The predicted octanol–water partition coefficient (Wildman–Crippen LogP) is 3.28. The van der Waals surface area contributed by atoms with Crippen LogP contribution in [0.25, 0.3) is 0 Å². The molecule has 0 aliphatic carbocycles. The van der Waals surface area contributed by atoms with Crippen molar-refractivity contribution in [2.75, 3.05) is 0 Å². The zero-order chi connectivity index (χ0) is 8.85. The molecule has 64 valence electrons. The Labute approximate surface area is 73.4 Å². The lowest BCUT2D eigenvalue weighted by Crippen LogP contribution is -1.94. The quantitative estimate of drug-likeness (QED) is 0.472. The molecule has 1 nitrogen and oxygen atoms in total. The average molecular weight is 175 g/mol. The summed E-state index contributed by atoms with van der Waals surface area (Å²) >= 11 is 5.34. The molecule has 0 bridgehead atoms. The molecule has 0 radical (unpaired) electrons. The number of rotatable bonds is 4. The molecule has 0 N–H and O–H groups in total. The summed E-state index contributed by atoms with van der Waals surface area (Å²) in [7, 11) is 0. The fraction of sp³-hybridized carbons (Fsp3) is 0.667. The van der Waals surface area contributed by atoms with Gasteiger partial charge in [0.05, 0.1) is 0 Å². The summed E-state index contributed by atoms with van der Waals surface area (Å²) in [5.74, 6) is 0. The Bertz CT molecular complexity index is 170. The highest BCUT2D eigenvalue weighted by Gasteiger charge is 2.04. The molecule has 0 saturated heterocycles. The van der Waals surface area contributed by atoms with Crippen LogP contribution < -0.4 is 0 Å². The van der Waals surface area contributed by atoms with Crippen LogP contribution in [0.2, 0.25) is 0 Å². The van der Waals surface area contributed by atoms with Gasteiger partial charge in [0.25, 0.3) is 0 Å². The average Bonchev–Trinajstić information content (AvgIpc) is 1.98. The maximum atomic E-state index is 10.7. The van der Waals surface area contributed by atoms with E-state index in [4.69, 9.17) is 11.6 Å². The fourth-order valence-corrected chi connectivity index (χ4v) is 1.20. The van der Waals surface area contributed by atoms with Gasteiger partial charge in [-0.3, -0.25) is 4.79 Å². The van der Waals surface area contributed by atoms with Gasteiger partial charge in [0.15, 0.2) is 0 Å². The number of allylic oxidation sites excluding steroid dienone is 2. The van der Waals surface area contributed by atoms with Gasteiger partial charge < -0.3 is 0 Å². The van der Waals surface area contributed by atoms with E-state index in [1.165, 1.54) is 5.57 Å². The first-order chi connectivity index (χ1) is 5.13. The Balaban J connectivity index is 4.39. The zero-order valence-corrected chi connectivity index (χ0v) is 8.16. The first-order valence-corrected chi connectivity index (χ1v) is 4.39. The topological polar surface area (TPSA) is 17.1 Å². The standard InChI is InChI=1S/C9H15ClO/c1-4-6-8(5-2)7(3)9(10)11/h4-6H2,1-3H3/b8-7+. The first-order valence-electron chi connectivity index (χ1n) is 4.01. The lowest BCUT2D eigenvalue weighted by molar-refractivity contribution is -0.108. The molecule has 0 spiro atoms. The minimum absolute atomic E-state index is 0.310. The van der Waals surface area contributed by atoms with Gasteiger partial charge in [0, 0.05) is 5.57 Å². The van der Waals surface area contributed by atoms with Gasteiger partial charge in [-0.05, 0) is 31.4 Å². The summed E-state index contributed by atoms with van der Waals surface area (Å²) in [4.78, 5) is 10.7. The molecular weight excluding hydrogens is 160 g/mol. The van der Waals surface area contributed by atoms with E-state index in [9.17, 15) is 4.79 Å². The second-order valence-electron chi connectivity index (χ2n) is 2.61. The second kappa shape index (κ2) is 5.36. The summed E-state index contributed by atoms with van der Waals surface area (Å²) in [5.41, 5.74) is 1.92. The van der Waals surface area contributed by atoms with E-state index in [1.807, 2.05) is 6.92 Å². The molecule has 0 aromatic heterocycles. The van der Waals surface area contributed by atoms with Crippen LogP contribution in [0.5, 0.6) is 0 Å². The molecule has 0 heterocycles. The van der Waals surface area contributed by atoms with E-state index < -0.39 is 0 Å². The van der Waals surface area contributed by atoms with Crippen LogP contribution in [0.15, 0.2) is 11.1 Å². The van der Waals surface area contributed by atoms with E-state index in [1.54, 1.807) is 6.92 Å². The van der Waals surface area contributed by atoms with Crippen molar-refractivity contribution in [2.45, 2.75) is 40.0 Å². The highest BCUT2D eigenvalue weighted by Crippen LogP contribution is 2.16. The number of halogens is 1. The van der Waals surface area contributed by atoms with Crippen molar-refractivity contribution in [1.29, 1.82) is 0 Å². The smallest absolute Gasteiger partial charge is 0.248 e. The Morgan fingerprint density at radius 2 is 1.91 bits per heavy atom. The lowest BCUT2D eigenvalue weighted by Gasteiger charge is -2.04. The van der Waals surface area contributed by atoms with Crippen LogP contribution in [-0.4, -0.2) is 5.24 Å². The van der Waals surface area contributed by atoms with Crippen LogP contribution in [0, 0.1) is 0 Å². The molecular formula is C9H15ClO. The SMILES string of the molecule is CCC/C(CC)=C(\C)C(=O)Cl. The van der Waals surface area contributed by atoms with E-state index in [0.717, 1.165) is 24.8 Å². The molecule has 0 aromatic rings.